The van der Waals surface area contributed by atoms with E-state index >= 15 is 0 Å². The van der Waals surface area contributed by atoms with Gasteiger partial charge in [0.2, 0.25) is 0 Å². The number of hydrogen-bond acceptors (Lipinski definition) is 4. The number of likely N-dealkylation sites (tertiary alicyclic amines) is 1. The molecule has 1 heterocycles. The Kier molecular flexibility index (Phi) is 2.70. The van der Waals surface area contributed by atoms with E-state index in [4.69, 9.17) is 15.6 Å². The van der Waals surface area contributed by atoms with Crippen molar-refractivity contribution in [1.29, 1.82) is 0 Å². The molecule has 2 rings (SSSR count). The molecule has 1 aromatic rings. The van der Waals surface area contributed by atoms with Crippen molar-refractivity contribution in [1.82, 2.24) is 4.90 Å². The molecule has 0 aliphatic carbocycles. The van der Waals surface area contributed by atoms with Crippen molar-refractivity contribution < 1.29 is 14.6 Å². The van der Waals surface area contributed by atoms with Crippen molar-refractivity contribution in [3.05, 3.63) is 23.8 Å². The fourth-order valence-electron chi connectivity index (χ4n) is 1.67. The van der Waals surface area contributed by atoms with Gasteiger partial charge in [0.05, 0.1) is 18.9 Å². The molecule has 1 saturated heterocycles. The minimum absolute atomic E-state index is 0.111. The average molecular weight is 222 g/mol. The fraction of sp³-hybridized carbons (Fsp3) is 0.364. The third-order valence-corrected chi connectivity index (χ3v) is 2.63. The molecule has 86 valence electrons. The number of rotatable bonds is 2. The number of methoxy groups -OCH3 is 1. The van der Waals surface area contributed by atoms with Crippen molar-refractivity contribution in [3.63, 3.8) is 0 Å². The summed E-state index contributed by atoms with van der Waals surface area (Å²) in [5.74, 6) is 0.444. The van der Waals surface area contributed by atoms with Crippen LogP contribution in [0.25, 0.3) is 0 Å². The monoisotopic (exact) mass is 222 g/mol. The smallest absolute Gasteiger partial charge is 0.254 e. The third kappa shape index (κ3) is 1.81. The summed E-state index contributed by atoms with van der Waals surface area (Å²) in [7, 11) is 1.53. The molecule has 0 radical (unpaired) electrons. The molecular formula is C11H14N2O3. The standard InChI is InChI=1S/C11H14N2O3/c1-16-10-3-2-7(4-9(10)12)11(15)13-5-8(14)6-13/h2-4,8,14H,5-6,12H2,1H3. The van der Waals surface area contributed by atoms with Crippen LogP contribution >= 0.6 is 0 Å². The molecule has 16 heavy (non-hydrogen) atoms. The van der Waals surface area contributed by atoms with Crippen LogP contribution < -0.4 is 10.5 Å². The topological polar surface area (TPSA) is 75.8 Å². The normalized spacial score (nSPS) is 15.8. The maximum atomic E-state index is 11.8. The Morgan fingerprint density at radius 3 is 2.75 bits per heavy atom. The fourth-order valence-corrected chi connectivity index (χ4v) is 1.67. The molecule has 3 N–H and O–H groups in total. The van der Waals surface area contributed by atoms with Gasteiger partial charge < -0.3 is 20.5 Å². The van der Waals surface area contributed by atoms with Gasteiger partial charge in [-0.1, -0.05) is 0 Å². The first-order valence-corrected chi connectivity index (χ1v) is 5.02. The van der Waals surface area contributed by atoms with Gasteiger partial charge in [0.1, 0.15) is 5.75 Å². The second-order valence-corrected chi connectivity index (χ2v) is 3.82. The first-order chi connectivity index (χ1) is 7.61. The number of carbonyl (C=O) groups is 1. The number of nitrogens with two attached hydrogens (primary N) is 1. The largest absolute Gasteiger partial charge is 0.495 e. The highest BCUT2D eigenvalue weighted by Gasteiger charge is 2.29. The Morgan fingerprint density at radius 2 is 2.25 bits per heavy atom. The zero-order valence-electron chi connectivity index (χ0n) is 9.01. The number of benzene rings is 1. The number of β-amino-alcohol motifs (C(OH)–C–C–N with tert-alkyl or cyclic N) is 1. The first kappa shape index (κ1) is 10.8. The predicted octanol–water partition coefficient (Wildman–Crippen LogP) is 0.0941. The Hall–Kier alpha value is -1.75. The summed E-state index contributed by atoms with van der Waals surface area (Å²) in [6.07, 6.45) is -0.389. The summed E-state index contributed by atoms with van der Waals surface area (Å²) >= 11 is 0. The van der Waals surface area contributed by atoms with E-state index < -0.39 is 0 Å². The van der Waals surface area contributed by atoms with Crippen LogP contribution in [0.4, 0.5) is 5.69 Å². The van der Waals surface area contributed by atoms with E-state index in [1.807, 2.05) is 0 Å². The minimum Gasteiger partial charge on any atom is -0.495 e. The molecule has 5 heteroatoms. The lowest BCUT2D eigenvalue weighted by molar-refractivity contribution is 0.00590. The lowest BCUT2D eigenvalue weighted by atomic mass is 10.1. The number of nitrogens with zero attached hydrogens (tertiary/aromatic N) is 1. The maximum absolute atomic E-state index is 11.8. The molecule has 0 aromatic heterocycles. The van der Waals surface area contributed by atoms with E-state index in [1.54, 1.807) is 23.1 Å². The van der Waals surface area contributed by atoms with Crippen LogP contribution in [0, 0.1) is 0 Å². The molecule has 1 fully saturated rings. The van der Waals surface area contributed by atoms with E-state index in [1.165, 1.54) is 7.11 Å². The predicted molar refractivity (Wildman–Crippen MR) is 59.3 cm³/mol. The number of aliphatic hydroxyl groups excluding tert-OH is 1. The average Bonchev–Trinajstić information content (AvgIpc) is 2.24. The SMILES string of the molecule is COc1ccc(C(=O)N2CC(O)C2)cc1N. The van der Waals surface area contributed by atoms with E-state index in [-0.39, 0.29) is 12.0 Å². The minimum atomic E-state index is -0.389. The first-order valence-electron chi connectivity index (χ1n) is 5.02. The molecule has 0 bridgehead atoms. The van der Waals surface area contributed by atoms with Gasteiger partial charge in [0, 0.05) is 18.7 Å². The maximum Gasteiger partial charge on any atom is 0.254 e. The van der Waals surface area contributed by atoms with Gasteiger partial charge in [-0.3, -0.25) is 4.79 Å². The quantitative estimate of drug-likeness (QED) is 0.695. The van der Waals surface area contributed by atoms with E-state index in [9.17, 15) is 4.79 Å². The van der Waals surface area contributed by atoms with Gasteiger partial charge in [-0.15, -0.1) is 0 Å². The van der Waals surface area contributed by atoms with Crippen molar-refractivity contribution in [2.75, 3.05) is 25.9 Å². The number of aliphatic hydroxyl groups is 1. The van der Waals surface area contributed by atoms with Crippen molar-refractivity contribution in [3.8, 4) is 5.75 Å². The van der Waals surface area contributed by atoms with Crippen LogP contribution in [0.5, 0.6) is 5.75 Å². The highest BCUT2D eigenvalue weighted by atomic mass is 16.5. The van der Waals surface area contributed by atoms with Gasteiger partial charge in [-0.2, -0.15) is 0 Å². The van der Waals surface area contributed by atoms with Crippen molar-refractivity contribution in [2.45, 2.75) is 6.10 Å². The molecule has 0 saturated carbocycles. The second-order valence-electron chi connectivity index (χ2n) is 3.82. The molecule has 5 nitrogen and oxygen atoms in total. The second kappa shape index (κ2) is 4.02. The number of ether oxygens (including phenoxy) is 1. The number of amides is 1. The van der Waals surface area contributed by atoms with Crippen molar-refractivity contribution >= 4 is 11.6 Å². The summed E-state index contributed by atoms with van der Waals surface area (Å²) in [5, 5.41) is 9.11. The van der Waals surface area contributed by atoms with Crippen LogP contribution in [0.3, 0.4) is 0 Å². The molecule has 0 unspecified atom stereocenters. The van der Waals surface area contributed by atoms with Crippen LogP contribution in [0.2, 0.25) is 0 Å². The highest BCUT2D eigenvalue weighted by molar-refractivity contribution is 5.96. The lowest BCUT2D eigenvalue weighted by Crippen LogP contribution is -2.53. The molecule has 1 aromatic carbocycles. The van der Waals surface area contributed by atoms with Crippen LogP contribution in [-0.2, 0) is 0 Å². The van der Waals surface area contributed by atoms with Crippen LogP contribution in [0.1, 0.15) is 10.4 Å². The lowest BCUT2D eigenvalue weighted by Gasteiger charge is -2.35. The Labute approximate surface area is 93.4 Å². The summed E-state index contributed by atoms with van der Waals surface area (Å²) in [6, 6.07) is 4.92. The van der Waals surface area contributed by atoms with Gasteiger partial charge in [0.25, 0.3) is 5.91 Å². The number of anilines is 1. The van der Waals surface area contributed by atoms with Crippen molar-refractivity contribution in [2.24, 2.45) is 0 Å². The molecule has 0 spiro atoms. The molecule has 0 atom stereocenters. The van der Waals surface area contributed by atoms with Crippen LogP contribution in [-0.4, -0.2) is 42.2 Å². The number of carbonyl (C=O) groups excluding carboxylic acids is 1. The number of nitrogen functional groups attached to an aromatic ring is 1. The number of hydrogen-bond donors (Lipinski definition) is 2. The molecule has 1 aliphatic rings. The summed E-state index contributed by atoms with van der Waals surface area (Å²) < 4.78 is 5.01. The summed E-state index contributed by atoms with van der Waals surface area (Å²) in [6.45, 7) is 0.787. The Balaban J connectivity index is 2.15. The Morgan fingerprint density at radius 1 is 1.56 bits per heavy atom. The molecular weight excluding hydrogens is 208 g/mol. The third-order valence-electron chi connectivity index (χ3n) is 2.63. The van der Waals surface area contributed by atoms with Gasteiger partial charge in [0.15, 0.2) is 0 Å². The molecule has 1 aliphatic heterocycles. The van der Waals surface area contributed by atoms with Gasteiger partial charge in [-0.25, -0.2) is 0 Å². The molecule has 1 amide bonds. The van der Waals surface area contributed by atoms with Gasteiger partial charge in [-0.05, 0) is 18.2 Å². The Bertz CT molecular complexity index is 414. The van der Waals surface area contributed by atoms with E-state index in [2.05, 4.69) is 0 Å². The highest BCUT2D eigenvalue weighted by Crippen LogP contribution is 2.23. The van der Waals surface area contributed by atoms with E-state index in [0.29, 0.717) is 30.1 Å². The van der Waals surface area contributed by atoms with Gasteiger partial charge >= 0.3 is 0 Å². The summed E-state index contributed by atoms with van der Waals surface area (Å²) in [5.41, 5.74) is 6.67. The zero-order chi connectivity index (χ0) is 11.7. The summed E-state index contributed by atoms with van der Waals surface area (Å²) in [4.78, 5) is 13.4. The van der Waals surface area contributed by atoms with Crippen LogP contribution in [0.15, 0.2) is 18.2 Å². The van der Waals surface area contributed by atoms with E-state index in [0.717, 1.165) is 0 Å². The zero-order valence-corrected chi connectivity index (χ0v) is 9.01.